The first-order valence-electron chi connectivity index (χ1n) is 5.22. The van der Waals surface area contributed by atoms with Gasteiger partial charge in [-0.15, -0.1) is 0 Å². The predicted octanol–water partition coefficient (Wildman–Crippen LogP) is 1.63. The fraction of sp³-hybridized carbons (Fsp3) is 0.727. The first-order valence-corrected chi connectivity index (χ1v) is 5.22. The maximum absolute atomic E-state index is 4.45. The molecular formula is C11H19N3. The first kappa shape index (κ1) is 9.71. The normalized spacial score (nSPS) is 18.3. The van der Waals surface area contributed by atoms with Crippen LogP contribution in [0.15, 0.2) is 6.20 Å². The minimum absolute atomic E-state index is 0.214. The van der Waals surface area contributed by atoms with E-state index in [1.807, 2.05) is 6.20 Å². The number of hydrogen-bond acceptors (Lipinski definition) is 2. The lowest BCUT2D eigenvalue weighted by atomic mass is 9.87. The second-order valence-electron chi connectivity index (χ2n) is 5.22. The summed E-state index contributed by atoms with van der Waals surface area (Å²) < 4.78 is 2.15. The highest BCUT2D eigenvalue weighted by atomic mass is 15.3. The topological polar surface area (TPSA) is 21.1 Å². The zero-order chi connectivity index (χ0) is 10.3. The quantitative estimate of drug-likeness (QED) is 0.624. The van der Waals surface area contributed by atoms with E-state index in [1.54, 1.807) is 0 Å². The molecule has 0 unspecified atom stereocenters. The molecule has 0 N–H and O–H groups in total. The molecule has 2 heterocycles. The molecule has 0 aliphatic carbocycles. The van der Waals surface area contributed by atoms with Crippen molar-refractivity contribution in [1.82, 2.24) is 14.7 Å². The van der Waals surface area contributed by atoms with Crippen molar-refractivity contribution < 1.29 is 0 Å². The number of fused-ring (bicyclic) bond motifs is 1. The lowest BCUT2D eigenvalue weighted by Crippen LogP contribution is -2.32. The molecule has 3 nitrogen and oxygen atoms in total. The molecule has 14 heavy (non-hydrogen) atoms. The van der Waals surface area contributed by atoms with Gasteiger partial charge in [-0.1, -0.05) is 20.8 Å². The Morgan fingerprint density at radius 1 is 1.29 bits per heavy atom. The molecule has 0 aromatic carbocycles. The molecule has 0 saturated heterocycles. The van der Waals surface area contributed by atoms with Crippen LogP contribution in [0.2, 0.25) is 0 Å². The van der Waals surface area contributed by atoms with Gasteiger partial charge < -0.3 is 0 Å². The van der Waals surface area contributed by atoms with Gasteiger partial charge in [-0.25, -0.2) is 0 Å². The Labute approximate surface area is 85.7 Å². The molecular weight excluding hydrogens is 174 g/mol. The highest BCUT2D eigenvalue weighted by Crippen LogP contribution is 2.27. The number of likely N-dealkylation sites (N-methyl/N-ethyl adjacent to an activating group) is 1. The molecule has 1 aromatic heterocycles. The Balaban J connectivity index is 2.41. The Morgan fingerprint density at radius 2 is 2.00 bits per heavy atom. The second-order valence-corrected chi connectivity index (χ2v) is 5.22. The lowest BCUT2D eigenvalue weighted by molar-refractivity contribution is 0.256. The molecule has 0 amide bonds. The number of aromatic nitrogens is 2. The third kappa shape index (κ3) is 1.57. The van der Waals surface area contributed by atoms with Crippen LogP contribution in [0, 0.1) is 0 Å². The zero-order valence-electron chi connectivity index (χ0n) is 9.54. The molecule has 78 valence electrons. The lowest BCUT2D eigenvalue weighted by Gasteiger charge is -2.27. The second kappa shape index (κ2) is 3.09. The van der Waals surface area contributed by atoms with Crippen LogP contribution in [0.3, 0.4) is 0 Å². The van der Waals surface area contributed by atoms with Crippen molar-refractivity contribution >= 4 is 0 Å². The largest absolute Gasteiger partial charge is 0.299 e. The highest BCUT2D eigenvalue weighted by molar-refractivity contribution is 5.26. The summed E-state index contributed by atoms with van der Waals surface area (Å²) in [5.41, 5.74) is 3.00. The summed E-state index contributed by atoms with van der Waals surface area (Å²) in [7, 11) is 2.17. The van der Waals surface area contributed by atoms with Crippen LogP contribution in [0.1, 0.15) is 32.0 Å². The predicted molar refractivity (Wildman–Crippen MR) is 57.3 cm³/mol. The smallest absolute Gasteiger partial charge is 0.0562 e. The van der Waals surface area contributed by atoms with Gasteiger partial charge in [-0.3, -0.25) is 9.58 Å². The Kier molecular flexibility index (Phi) is 2.14. The van der Waals surface area contributed by atoms with Crippen molar-refractivity contribution in [2.45, 2.75) is 39.3 Å². The van der Waals surface area contributed by atoms with E-state index >= 15 is 0 Å². The first-order chi connectivity index (χ1) is 6.48. The minimum atomic E-state index is 0.214. The van der Waals surface area contributed by atoms with E-state index in [0.29, 0.717) is 0 Å². The van der Waals surface area contributed by atoms with Gasteiger partial charge in [-0.05, 0) is 18.0 Å². The molecule has 0 bridgehead atoms. The van der Waals surface area contributed by atoms with E-state index in [4.69, 9.17) is 0 Å². The third-order valence-electron chi connectivity index (χ3n) is 2.87. The van der Waals surface area contributed by atoms with Crippen LogP contribution in [0.5, 0.6) is 0 Å². The van der Waals surface area contributed by atoms with Crippen LogP contribution in [0.4, 0.5) is 0 Å². The van der Waals surface area contributed by atoms with Crippen molar-refractivity contribution in [3.8, 4) is 0 Å². The maximum atomic E-state index is 4.45. The van der Waals surface area contributed by atoms with Crippen molar-refractivity contribution in [3.05, 3.63) is 17.5 Å². The van der Waals surface area contributed by atoms with Gasteiger partial charge in [0, 0.05) is 13.1 Å². The highest BCUT2D eigenvalue weighted by Gasteiger charge is 2.24. The zero-order valence-corrected chi connectivity index (χ0v) is 9.54. The van der Waals surface area contributed by atoms with Crippen LogP contribution in [-0.4, -0.2) is 28.3 Å². The molecule has 0 radical (unpaired) electrons. The maximum Gasteiger partial charge on any atom is 0.0562 e. The average Bonchev–Trinajstić information content (AvgIpc) is 2.45. The van der Waals surface area contributed by atoms with Gasteiger partial charge in [-0.2, -0.15) is 5.10 Å². The fourth-order valence-electron chi connectivity index (χ4n) is 2.00. The van der Waals surface area contributed by atoms with E-state index < -0.39 is 0 Å². The van der Waals surface area contributed by atoms with Crippen LogP contribution in [-0.2, 0) is 18.5 Å². The van der Waals surface area contributed by atoms with E-state index in [1.165, 1.54) is 11.3 Å². The van der Waals surface area contributed by atoms with Crippen molar-refractivity contribution in [3.63, 3.8) is 0 Å². The van der Waals surface area contributed by atoms with Crippen molar-refractivity contribution in [2.75, 3.05) is 13.6 Å². The third-order valence-corrected chi connectivity index (χ3v) is 2.87. The minimum Gasteiger partial charge on any atom is -0.299 e. The van der Waals surface area contributed by atoms with Crippen molar-refractivity contribution in [1.29, 1.82) is 0 Å². The molecule has 1 aliphatic rings. The van der Waals surface area contributed by atoms with E-state index in [9.17, 15) is 0 Å². The standard InChI is InChI=1S/C11H19N3/c1-11(2,3)9-7-12-14-6-5-13(4)8-10(9)14/h7H,5-6,8H2,1-4H3. The number of hydrogen-bond donors (Lipinski definition) is 0. The summed E-state index contributed by atoms with van der Waals surface area (Å²) >= 11 is 0. The molecule has 0 fully saturated rings. The van der Waals surface area contributed by atoms with E-state index in [-0.39, 0.29) is 5.41 Å². The van der Waals surface area contributed by atoms with E-state index in [0.717, 1.165) is 19.6 Å². The van der Waals surface area contributed by atoms with Crippen LogP contribution in [0.25, 0.3) is 0 Å². The fourth-order valence-corrected chi connectivity index (χ4v) is 2.00. The number of rotatable bonds is 0. The summed E-state index contributed by atoms with van der Waals surface area (Å²) in [6.07, 6.45) is 2.04. The Hall–Kier alpha value is -0.830. The summed E-state index contributed by atoms with van der Waals surface area (Å²) in [4.78, 5) is 2.35. The molecule has 0 atom stereocenters. The van der Waals surface area contributed by atoms with E-state index in [2.05, 4.69) is 42.5 Å². The molecule has 1 aromatic rings. The van der Waals surface area contributed by atoms with Gasteiger partial charge in [0.2, 0.25) is 0 Å². The summed E-state index contributed by atoms with van der Waals surface area (Å²) in [6.45, 7) is 9.92. The van der Waals surface area contributed by atoms with Crippen LogP contribution >= 0.6 is 0 Å². The summed E-state index contributed by atoms with van der Waals surface area (Å²) in [6, 6.07) is 0. The van der Waals surface area contributed by atoms with Gasteiger partial charge >= 0.3 is 0 Å². The van der Waals surface area contributed by atoms with Gasteiger partial charge in [0.25, 0.3) is 0 Å². The Bertz CT molecular complexity index is 333. The van der Waals surface area contributed by atoms with Gasteiger partial charge in [0.15, 0.2) is 0 Å². The molecule has 2 rings (SSSR count). The summed E-state index contributed by atoms with van der Waals surface area (Å²) in [5, 5.41) is 4.45. The van der Waals surface area contributed by atoms with Crippen molar-refractivity contribution in [2.24, 2.45) is 0 Å². The van der Waals surface area contributed by atoms with Gasteiger partial charge in [0.1, 0.15) is 0 Å². The molecule has 3 heteroatoms. The molecule has 1 aliphatic heterocycles. The van der Waals surface area contributed by atoms with Crippen LogP contribution < -0.4 is 0 Å². The molecule has 0 saturated carbocycles. The monoisotopic (exact) mass is 193 g/mol. The Morgan fingerprint density at radius 3 is 2.64 bits per heavy atom. The molecule has 0 spiro atoms. The number of nitrogens with zero attached hydrogens (tertiary/aromatic N) is 3. The summed E-state index contributed by atoms with van der Waals surface area (Å²) in [5.74, 6) is 0. The SMILES string of the molecule is CN1CCn2ncc(C(C)(C)C)c2C1. The van der Waals surface area contributed by atoms with Gasteiger partial charge in [0.05, 0.1) is 18.4 Å². The average molecular weight is 193 g/mol.